The van der Waals surface area contributed by atoms with Gasteiger partial charge in [-0.3, -0.25) is 0 Å². The molecule has 0 fully saturated rings. The van der Waals surface area contributed by atoms with Gasteiger partial charge in [-0.25, -0.2) is 0 Å². The van der Waals surface area contributed by atoms with Crippen LogP contribution in [0.1, 0.15) is 19.8 Å². The van der Waals surface area contributed by atoms with E-state index in [-0.39, 0.29) is 0 Å². The lowest BCUT2D eigenvalue weighted by molar-refractivity contribution is 0.635. The van der Waals surface area contributed by atoms with E-state index in [2.05, 4.69) is 36.5 Å². The van der Waals surface area contributed by atoms with Gasteiger partial charge in [-0.05, 0) is 38.8 Å². The van der Waals surface area contributed by atoms with E-state index >= 15 is 0 Å². The molecule has 0 aromatic carbocycles. The SMILES string of the molecule is C/C=C\CCNCCC1C=C1. The summed E-state index contributed by atoms with van der Waals surface area (Å²) < 4.78 is 0. The van der Waals surface area contributed by atoms with E-state index in [1.165, 1.54) is 6.42 Å². The average Bonchev–Trinajstić information content (AvgIpc) is 2.80. The molecule has 0 amide bonds. The fourth-order valence-corrected chi connectivity index (χ4v) is 1.02. The Bertz CT molecular complexity index is 141. The van der Waals surface area contributed by atoms with Crippen LogP contribution < -0.4 is 5.32 Å². The number of rotatable bonds is 6. The van der Waals surface area contributed by atoms with Crippen molar-refractivity contribution < 1.29 is 0 Å². The Hall–Kier alpha value is -0.560. The maximum Gasteiger partial charge on any atom is -0.00143 e. The van der Waals surface area contributed by atoms with E-state index in [1.54, 1.807) is 0 Å². The lowest BCUT2D eigenvalue weighted by Crippen LogP contribution is -2.16. The smallest absolute Gasteiger partial charge is 0.00143 e. The second kappa shape index (κ2) is 5.14. The van der Waals surface area contributed by atoms with Crippen molar-refractivity contribution in [3.05, 3.63) is 24.3 Å². The van der Waals surface area contributed by atoms with Crippen LogP contribution in [0, 0.1) is 5.92 Å². The van der Waals surface area contributed by atoms with Gasteiger partial charge in [0.1, 0.15) is 0 Å². The molecule has 1 heteroatoms. The van der Waals surface area contributed by atoms with E-state index in [4.69, 9.17) is 0 Å². The van der Waals surface area contributed by atoms with E-state index in [9.17, 15) is 0 Å². The molecular formula is C10H17N. The zero-order valence-electron chi connectivity index (χ0n) is 7.22. The molecular weight excluding hydrogens is 134 g/mol. The van der Waals surface area contributed by atoms with Crippen molar-refractivity contribution >= 4 is 0 Å². The van der Waals surface area contributed by atoms with Gasteiger partial charge in [0.2, 0.25) is 0 Å². The van der Waals surface area contributed by atoms with Gasteiger partial charge in [-0.2, -0.15) is 0 Å². The van der Waals surface area contributed by atoms with Crippen LogP contribution in [0.3, 0.4) is 0 Å². The standard InChI is InChI=1S/C10H17N/c1-2-3-4-8-11-9-7-10-5-6-10/h2-3,5-6,10-11H,4,7-9H2,1H3/b3-2-. The van der Waals surface area contributed by atoms with Crippen molar-refractivity contribution in [1.29, 1.82) is 0 Å². The molecule has 0 aromatic heterocycles. The molecule has 0 aliphatic heterocycles. The Labute approximate surface area is 69.2 Å². The third-order valence-corrected chi connectivity index (χ3v) is 1.84. The summed E-state index contributed by atoms with van der Waals surface area (Å²) in [6, 6.07) is 0. The third kappa shape index (κ3) is 4.79. The molecule has 0 heterocycles. The summed E-state index contributed by atoms with van der Waals surface area (Å²) in [5, 5.41) is 3.40. The van der Waals surface area contributed by atoms with Crippen molar-refractivity contribution in [2.75, 3.05) is 13.1 Å². The minimum absolute atomic E-state index is 0.823. The predicted molar refractivity (Wildman–Crippen MR) is 49.5 cm³/mol. The molecule has 1 nitrogen and oxygen atoms in total. The van der Waals surface area contributed by atoms with Gasteiger partial charge < -0.3 is 5.32 Å². The third-order valence-electron chi connectivity index (χ3n) is 1.84. The Kier molecular flexibility index (Phi) is 3.99. The quantitative estimate of drug-likeness (QED) is 0.453. The molecule has 0 bridgehead atoms. The molecule has 11 heavy (non-hydrogen) atoms. The molecule has 0 unspecified atom stereocenters. The topological polar surface area (TPSA) is 12.0 Å². The second-order valence-electron chi connectivity index (χ2n) is 2.95. The largest absolute Gasteiger partial charge is 0.316 e. The molecule has 1 aliphatic carbocycles. The van der Waals surface area contributed by atoms with Crippen molar-refractivity contribution in [3.63, 3.8) is 0 Å². The summed E-state index contributed by atoms with van der Waals surface area (Å²) in [4.78, 5) is 0. The summed E-state index contributed by atoms with van der Waals surface area (Å²) >= 11 is 0. The van der Waals surface area contributed by atoms with Gasteiger partial charge in [0.05, 0.1) is 0 Å². The summed E-state index contributed by atoms with van der Waals surface area (Å²) in [6.45, 7) is 4.35. The van der Waals surface area contributed by atoms with Gasteiger partial charge in [-0.15, -0.1) is 0 Å². The minimum Gasteiger partial charge on any atom is -0.316 e. The van der Waals surface area contributed by atoms with Gasteiger partial charge >= 0.3 is 0 Å². The Balaban J connectivity index is 1.73. The molecule has 1 N–H and O–H groups in total. The highest BCUT2D eigenvalue weighted by atomic mass is 14.8. The summed E-state index contributed by atoms with van der Waals surface area (Å²) in [6.07, 6.45) is 11.3. The van der Waals surface area contributed by atoms with Crippen LogP contribution >= 0.6 is 0 Å². The first-order chi connectivity index (χ1) is 5.43. The van der Waals surface area contributed by atoms with Crippen molar-refractivity contribution in [2.24, 2.45) is 5.92 Å². The summed E-state index contributed by atoms with van der Waals surface area (Å²) in [5.74, 6) is 0.823. The lowest BCUT2D eigenvalue weighted by Gasteiger charge is -2.00. The predicted octanol–water partition coefficient (Wildman–Crippen LogP) is 2.12. The van der Waals surface area contributed by atoms with Crippen LogP contribution in [0.25, 0.3) is 0 Å². The molecule has 1 rings (SSSR count). The van der Waals surface area contributed by atoms with E-state index < -0.39 is 0 Å². The van der Waals surface area contributed by atoms with Crippen LogP contribution in [0.15, 0.2) is 24.3 Å². The Morgan fingerprint density at radius 1 is 1.36 bits per heavy atom. The van der Waals surface area contributed by atoms with Crippen LogP contribution in [-0.4, -0.2) is 13.1 Å². The molecule has 0 aromatic rings. The number of allylic oxidation sites excluding steroid dienone is 3. The average molecular weight is 151 g/mol. The van der Waals surface area contributed by atoms with Crippen LogP contribution in [0.5, 0.6) is 0 Å². The molecule has 1 aliphatic rings. The Morgan fingerprint density at radius 2 is 2.18 bits per heavy atom. The molecule has 62 valence electrons. The van der Waals surface area contributed by atoms with Crippen LogP contribution in [0.4, 0.5) is 0 Å². The van der Waals surface area contributed by atoms with Crippen molar-refractivity contribution in [1.82, 2.24) is 5.32 Å². The molecule has 0 saturated heterocycles. The molecule has 0 saturated carbocycles. The first-order valence-corrected chi connectivity index (χ1v) is 4.43. The highest BCUT2D eigenvalue weighted by Crippen LogP contribution is 2.18. The zero-order chi connectivity index (χ0) is 7.94. The fourth-order valence-electron chi connectivity index (χ4n) is 1.02. The summed E-state index contributed by atoms with van der Waals surface area (Å²) in [5.41, 5.74) is 0. The van der Waals surface area contributed by atoms with Crippen molar-refractivity contribution in [2.45, 2.75) is 19.8 Å². The van der Waals surface area contributed by atoms with Crippen LogP contribution in [-0.2, 0) is 0 Å². The minimum atomic E-state index is 0.823. The van der Waals surface area contributed by atoms with Gasteiger partial charge in [0.15, 0.2) is 0 Å². The highest BCUT2D eigenvalue weighted by molar-refractivity contribution is 5.12. The first-order valence-electron chi connectivity index (χ1n) is 4.43. The van der Waals surface area contributed by atoms with E-state index in [0.717, 1.165) is 25.4 Å². The molecule has 0 radical (unpaired) electrons. The maximum absolute atomic E-state index is 3.40. The monoisotopic (exact) mass is 151 g/mol. The first kappa shape index (κ1) is 8.54. The van der Waals surface area contributed by atoms with Crippen molar-refractivity contribution in [3.8, 4) is 0 Å². The number of hydrogen-bond acceptors (Lipinski definition) is 1. The normalized spacial score (nSPS) is 16.5. The number of hydrogen-bond donors (Lipinski definition) is 1. The van der Waals surface area contributed by atoms with Crippen LogP contribution in [0.2, 0.25) is 0 Å². The molecule has 0 atom stereocenters. The summed E-state index contributed by atoms with van der Waals surface area (Å²) in [7, 11) is 0. The number of nitrogens with one attached hydrogen (secondary N) is 1. The van der Waals surface area contributed by atoms with Gasteiger partial charge in [-0.1, -0.05) is 24.3 Å². The van der Waals surface area contributed by atoms with E-state index in [1.807, 2.05) is 0 Å². The molecule has 0 spiro atoms. The maximum atomic E-state index is 3.40. The second-order valence-corrected chi connectivity index (χ2v) is 2.95. The lowest BCUT2D eigenvalue weighted by atomic mass is 10.2. The zero-order valence-corrected chi connectivity index (χ0v) is 7.22. The van der Waals surface area contributed by atoms with Gasteiger partial charge in [0, 0.05) is 0 Å². The van der Waals surface area contributed by atoms with E-state index in [0.29, 0.717) is 0 Å². The Morgan fingerprint density at radius 3 is 2.82 bits per heavy atom. The highest BCUT2D eigenvalue weighted by Gasteiger charge is 2.08. The van der Waals surface area contributed by atoms with Gasteiger partial charge in [0.25, 0.3) is 0 Å². The fraction of sp³-hybridized carbons (Fsp3) is 0.600.